The first kappa shape index (κ1) is 15.0. The average Bonchev–Trinajstić information content (AvgIpc) is 2.37. The monoisotopic (exact) mass is 291 g/mol. The molecule has 0 unspecified atom stereocenters. The molecule has 0 heterocycles. The first-order valence-corrected chi connectivity index (χ1v) is 7.13. The highest BCUT2D eigenvalue weighted by Gasteiger charge is 2.09. The lowest BCUT2D eigenvalue weighted by Crippen LogP contribution is -2.21. The Labute approximate surface area is 124 Å². The van der Waals surface area contributed by atoms with Gasteiger partial charge in [-0.2, -0.15) is 0 Å². The molecule has 0 saturated heterocycles. The summed E-state index contributed by atoms with van der Waals surface area (Å²) in [6, 6.07) is 11.3. The minimum Gasteiger partial charge on any atom is -0.310 e. The van der Waals surface area contributed by atoms with E-state index in [2.05, 4.69) is 25.2 Å². The van der Waals surface area contributed by atoms with Crippen LogP contribution in [0.15, 0.2) is 36.4 Å². The summed E-state index contributed by atoms with van der Waals surface area (Å²) in [6.07, 6.45) is 0. The van der Waals surface area contributed by atoms with Gasteiger partial charge < -0.3 is 5.32 Å². The molecule has 2 rings (SSSR count). The largest absolute Gasteiger partial charge is 0.310 e. The summed E-state index contributed by atoms with van der Waals surface area (Å²) in [5, 5.41) is 3.79. The van der Waals surface area contributed by atoms with Crippen LogP contribution in [0.4, 0.5) is 4.39 Å². The van der Waals surface area contributed by atoms with Crippen molar-refractivity contribution in [1.29, 1.82) is 0 Å². The third-order valence-corrected chi connectivity index (χ3v) is 3.46. The van der Waals surface area contributed by atoms with E-state index in [-0.39, 0.29) is 5.82 Å². The smallest absolute Gasteiger partial charge is 0.132 e. The van der Waals surface area contributed by atoms with E-state index >= 15 is 0 Å². The maximum Gasteiger partial charge on any atom is 0.132 e. The lowest BCUT2D eigenvalue weighted by atomic mass is 9.98. The van der Waals surface area contributed by atoms with E-state index in [0.29, 0.717) is 16.6 Å². The van der Waals surface area contributed by atoms with Crippen molar-refractivity contribution in [3.8, 4) is 11.1 Å². The lowest BCUT2D eigenvalue weighted by Gasteiger charge is -2.12. The zero-order chi connectivity index (χ0) is 14.7. The lowest BCUT2D eigenvalue weighted by molar-refractivity contribution is 0.588. The van der Waals surface area contributed by atoms with E-state index in [0.717, 1.165) is 17.7 Å². The molecule has 0 spiro atoms. The molecule has 2 aromatic rings. The van der Waals surface area contributed by atoms with E-state index in [9.17, 15) is 4.39 Å². The Kier molecular flexibility index (Phi) is 4.79. The number of nitrogens with one attached hydrogen (secondary N) is 1. The molecule has 3 heteroatoms. The molecule has 0 aromatic heterocycles. The maximum atomic E-state index is 14.0. The fourth-order valence-electron chi connectivity index (χ4n) is 2.17. The quantitative estimate of drug-likeness (QED) is 0.840. The Balaban J connectivity index is 2.29. The van der Waals surface area contributed by atoms with E-state index in [1.807, 2.05) is 19.1 Å². The van der Waals surface area contributed by atoms with Crippen molar-refractivity contribution in [2.45, 2.75) is 33.4 Å². The van der Waals surface area contributed by atoms with Crippen LogP contribution in [0.2, 0.25) is 5.02 Å². The minimum atomic E-state index is -0.284. The van der Waals surface area contributed by atoms with E-state index < -0.39 is 0 Å². The number of aryl methyl sites for hydroxylation is 1. The van der Waals surface area contributed by atoms with Crippen LogP contribution in [0.1, 0.15) is 25.0 Å². The molecule has 0 aliphatic carbocycles. The van der Waals surface area contributed by atoms with Gasteiger partial charge in [0.05, 0.1) is 0 Å². The molecule has 0 bridgehead atoms. The van der Waals surface area contributed by atoms with Crippen LogP contribution in [-0.4, -0.2) is 6.04 Å². The number of rotatable bonds is 4. The van der Waals surface area contributed by atoms with Gasteiger partial charge in [0.1, 0.15) is 5.82 Å². The summed E-state index contributed by atoms with van der Waals surface area (Å²) >= 11 is 5.79. The van der Waals surface area contributed by atoms with Crippen molar-refractivity contribution in [2.75, 3.05) is 0 Å². The van der Waals surface area contributed by atoms with Crippen LogP contribution in [0.5, 0.6) is 0 Å². The van der Waals surface area contributed by atoms with Crippen LogP contribution in [0.25, 0.3) is 11.1 Å². The molecule has 20 heavy (non-hydrogen) atoms. The maximum absolute atomic E-state index is 14.0. The molecule has 0 saturated carbocycles. The summed E-state index contributed by atoms with van der Waals surface area (Å²) in [6.45, 7) is 7.05. The predicted molar refractivity (Wildman–Crippen MR) is 83.6 cm³/mol. The van der Waals surface area contributed by atoms with Gasteiger partial charge in [-0.25, -0.2) is 4.39 Å². The Hall–Kier alpha value is -1.38. The van der Waals surface area contributed by atoms with Crippen LogP contribution in [0, 0.1) is 12.7 Å². The standard InChI is InChI=1S/C17H19ClFN/c1-11(2)20-10-13-4-6-15(12(3)8-13)16-7-5-14(18)9-17(16)19/h4-9,11,20H,10H2,1-3H3. The van der Waals surface area contributed by atoms with Gasteiger partial charge in [0.2, 0.25) is 0 Å². The normalized spacial score (nSPS) is 11.1. The van der Waals surface area contributed by atoms with Gasteiger partial charge >= 0.3 is 0 Å². The minimum absolute atomic E-state index is 0.284. The zero-order valence-corrected chi connectivity index (χ0v) is 12.8. The molecule has 0 fully saturated rings. The SMILES string of the molecule is Cc1cc(CNC(C)C)ccc1-c1ccc(Cl)cc1F. The van der Waals surface area contributed by atoms with E-state index in [1.54, 1.807) is 12.1 Å². The Morgan fingerprint density at radius 1 is 1.10 bits per heavy atom. The van der Waals surface area contributed by atoms with E-state index in [1.165, 1.54) is 11.6 Å². The molecule has 0 aliphatic heterocycles. The highest BCUT2D eigenvalue weighted by Crippen LogP contribution is 2.28. The number of halogens is 2. The second-order valence-electron chi connectivity index (χ2n) is 5.31. The summed E-state index contributed by atoms with van der Waals surface area (Å²) in [7, 11) is 0. The number of benzene rings is 2. The summed E-state index contributed by atoms with van der Waals surface area (Å²) in [5.74, 6) is -0.284. The van der Waals surface area contributed by atoms with Crippen LogP contribution >= 0.6 is 11.6 Å². The summed E-state index contributed by atoms with van der Waals surface area (Å²) in [4.78, 5) is 0. The van der Waals surface area contributed by atoms with Crippen molar-refractivity contribution in [2.24, 2.45) is 0 Å². The summed E-state index contributed by atoms with van der Waals surface area (Å²) < 4.78 is 14.0. The van der Waals surface area contributed by atoms with Gasteiger partial charge in [-0.15, -0.1) is 0 Å². The summed E-state index contributed by atoms with van der Waals surface area (Å²) in [5.41, 5.74) is 3.77. The molecule has 0 atom stereocenters. The molecule has 0 amide bonds. The first-order valence-electron chi connectivity index (χ1n) is 6.75. The predicted octanol–water partition coefficient (Wildman–Crippen LogP) is 4.95. The highest BCUT2D eigenvalue weighted by molar-refractivity contribution is 6.30. The zero-order valence-electron chi connectivity index (χ0n) is 12.0. The Bertz CT molecular complexity index is 608. The van der Waals surface area contributed by atoms with Crippen molar-refractivity contribution in [1.82, 2.24) is 5.32 Å². The van der Waals surface area contributed by atoms with Crippen molar-refractivity contribution < 1.29 is 4.39 Å². The molecule has 1 N–H and O–H groups in total. The molecular formula is C17H19ClFN. The second kappa shape index (κ2) is 6.38. The van der Waals surface area contributed by atoms with Crippen LogP contribution < -0.4 is 5.32 Å². The van der Waals surface area contributed by atoms with Crippen molar-refractivity contribution in [3.63, 3.8) is 0 Å². The highest BCUT2D eigenvalue weighted by atomic mass is 35.5. The second-order valence-corrected chi connectivity index (χ2v) is 5.75. The van der Waals surface area contributed by atoms with Gasteiger partial charge in [0.25, 0.3) is 0 Å². The number of hydrogen-bond donors (Lipinski definition) is 1. The number of hydrogen-bond acceptors (Lipinski definition) is 1. The molecular weight excluding hydrogens is 273 g/mol. The van der Waals surface area contributed by atoms with E-state index in [4.69, 9.17) is 11.6 Å². The fourth-order valence-corrected chi connectivity index (χ4v) is 2.33. The molecule has 1 nitrogen and oxygen atoms in total. The van der Waals surface area contributed by atoms with Crippen LogP contribution in [0.3, 0.4) is 0 Å². The molecule has 0 aliphatic rings. The van der Waals surface area contributed by atoms with Gasteiger partial charge in [0, 0.05) is 23.2 Å². The molecule has 106 valence electrons. The molecule has 2 aromatic carbocycles. The van der Waals surface area contributed by atoms with Gasteiger partial charge in [-0.05, 0) is 41.8 Å². The first-order chi connectivity index (χ1) is 9.47. The topological polar surface area (TPSA) is 12.0 Å². The Morgan fingerprint density at radius 3 is 2.40 bits per heavy atom. The average molecular weight is 292 g/mol. The van der Waals surface area contributed by atoms with Gasteiger partial charge in [-0.1, -0.05) is 43.6 Å². The van der Waals surface area contributed by atoms with Gasteiger partial charge in [0.15, 0.2) is 0 Å². The third-order valence-electron chi connectivity index (χ3n) is 3.23. The molecule has 0 radical (unpaired) electrons. The Morgan fingerprint density at radius 2 is 1.80 bits per heavy atom. The fraction of sp³-hybridized carbons (Fsp3) is 0.294. The van der Waals surface area contributed by atoms with Crippen molar-refractivity contribution >= 4 is 11.6 Å². The van der Waals surface area contributed by atoms with Crippen LogP contribution in [-0.2, 0) is 6.54 Å². The third kappa shape index (κ3) is 3.59. The van der Waals surface area contributed by atoms with Crippen molar-refractivity contribution in [3.05, 3.63) is 58.4 Å². The van der Waals surface area contributed by atoms with Gasteiger partial charge in [-0.3, -0.25) is 0 Å².